The maximum atomic E-state index is 12.4. The third kappa shape index (κ3) is 7.16. The molecule has 2 aliphatic rings. The highest BCUT2D eigenvalue weighted by Crippen LogP contribution is 2.14. The van der Waals surface area contributed by atoms with E-state index < -0.39 is 10.0 Å². The summed E-state index contributed by atoms with van der Waals surface area (Å²) in [6.45, 7) is 4.71. The van der Waals surface area contributed by atoms with E-state index in [-0.39, 0.29) is 5.75 Å². The number of benzene rings is 1. The summed E-state index contributed by atoms with van der Waals surface area (Å²) in [7, 11) is -1.46. The van der Waals surface area contributed by atoms with Crippen molar-refractivity contribution in [2.45, 2.75) is 25.4 Å². The van der Waals surface area contributed by atoms with Gasteiger partial charge in [-0.15, -0.1) is 0 Å². The summed E-state index contributed by atoms with van der Waals surface area (Å²) in [6, 6.07) is 10.9. The molecule has 0 unspecified atom stereocenters. The molecule has 2 aliphatic heterocycles. The van der Waals surface area contributed by atoms with Crippen LogP contribution >= 0.6 is 11.8 Å². The van der Waals surface area contributed by atoms with Gasteiger partial charge in [0.05, 0.1) is 5.75 Å². The van der Waals surface area contributed by atoms with Crippen molar-refractivity contribution in [2.24, 2.45) is 4.99 Å². The van der Waals surface area contributed by atoms with Gasteiger partial charge in [0.2, 0.25) is 10.0 Å². The van der Waals surface area contributed by atoms with Gasteiger partial charge in [0.1, 0.15) is 0 Å². The Morgan fingerprint density at radius 2 is 1.83 bits per heavy atom. The molecule has 1 aromatic rings. The summed E-state index contributed by atoms with van der Waals surface area (Å²) in [5.74, 6) is 2.57. The highest BCUT2D eigenvalue weighted by molar-refractivity contribution is 7.99. The molecule has 0 saturated carbocycles. The monoisotopic (exact) mass is 439 g/mol. The van der Waals surface area contributed by atoms with Crippen LogP contribution in [0.1, 0.15) is 18.4 Å². The molecule has 29 heavy (non-hydrogen) atoms. The summed E-state index contributed by atoms with van der Waals surface area (Å²) < 4.78 is 26.5. The Kier molecular flexibility index (Phi) is 8.65. The fraction of sp³-hybridized carbons (Fsp3) is 0.650. The third-order valence-electron chi connectivity index (χ3n) is 5.42. The van der Waals surface area contributed by atoms with Crippen LogP contribution in [0.5, 0.6) is 0 Å². The van der Waals surface area contributed by atoms with Crippen molar-refractivity contribution in [1.29, 1.82) is 0 Å². The van der Waals surface area contributed by atoms with E-state index in [0.29, 0.717) is 31.6 Å². The first kappa shape index (κ1) is 22.4. The predicted octanol–water partition coefficient (Wildman–Crippen LogP) is 1.19. The largest absolute Gasteiger partial charge is 0.355 e. The maximum Gasteiger partial charge on any atom is 0.215 e. The van der Waals surface area contributed by atoms with Crippen LogP contribution in [0.4, 0.5) is 0 Å². The molecule has 0 aromatic heterocycles. The molecule has 1 aromatic carbocycles. The lowest BCUT2D eigenvalue weighted by molar-refractivity contribution is 0.198. The molecule has 2 fully saturated rings. The topological polar surface area (TPSA) is 77.0 Å². The second kappa shape index (κ2) is 11.2. The molecule has 162 valence electrons. The Balaban J connectivity index is 1.37. The second-order valence-electron chi connectivity index (χ2n) is 7.51. The summed E-state index contributed by atoms with van der Waals surface area (Å²) in [6.07, 6.45) is 2.11. The van der Waals surface area contributed by atoms with Crippen molar-refractivity contribution >= 4 is 27.7 Å². The van der Waals surface area contributed by atoms with E-state index in [4.69, 9.17) is 0 Å². The van der Waals surface area contributed by atoms with E-state index in [0.717, 1.165) is 44.0 Å². The molecule has 2 N–H and O–H groups in total. The van der Waals surface area contributed by atoms with Crippen LogP contribution in [0.2, 0.25) is 0 Å². The number of piperidine rings is 1. The zero-order chi connectivity index (χ0) is 20.5. The highest BCUT2D eigenvalue weighted by Gasteiger charge is 2.24. The molecular formula is C20H33N5O2S2. The van der Waals surface area contributed by atoms with Crippen molar-refractivity contribution in [3.05, 3.63) is 35.9 Å². The van der Waals surface area contributed by atoms with Gasteiger partial charge in [-0.3, -0.25) is 9.89 Å². The van der Waals surface area contributed by atoms with E-state index in [2.05, 4.69) is 50.9 Å². The number of hydrogen-bond donors (Lipinski definition) is 2. The number of rotatable bonds is 7. The molecule has 2 saturated heterocycles. The predicted molar refractivity (Wildman–Crippen MR) is 122 cm³/mol. The van der Waals surface area contributed by atoms with Crippen molar-refractivity contribution in [3.8, 4) is 0 Å². The van der Waals surface area contributed by atoms with Gasteiger partial charge < -0.3 is 10.6 Å². The zero-order valence-corrected chi connectivity index (χ0v) is 18.8. The summed E-state index contributed by atoms with van der Waals surface area (Å²) in [5.41, 5.74) is 1.35. The van der Waals surface area contributed by atoms with Crippen LogP contribution in [0.3, 0.4) is 0 Å². The Morgan fingerprint density at radius 1 is 1.14 bits per heavy atom. The van der Waals surface area contributed by atoms with Crippen LogP contribution in [0, 0.1) is 0 Å². The van der Waals surface area contributed by atoms with Crippen LogP contribution in [0.15, 0.2) is 35.3 Å². The molecule has 0 atom stereocenters. The van der Waals surface area contributed by atoms with Gasteiger partial charge in [0.15, 0.2) is 5.96 Å². The molecule has 0 bridgehead atoms. The van der Waals surface area contributed by atoms with E-state index >= 15 is 0 Å². The van der Waals surface area contributed by atoms with Crippen molar-refractivity contribution in [3.63, 3.8) is 0 Å². The van der Waals surface area contributed by atoms with Crippen LogP contribution < -0.4 is 10.6 Å². The summed E-state index contributed by atoms with van der Waals surface area (Å²) >= 11 is 1.81. The Morgan fingerprint density at radius 3 is 2.48 bits per heavy atom. The number of sulfonamides is 1. The SMILES string of the molecule is CN=C(NCCS(=O)(=O)N1CCSCC1)NC1CCN(Cc2ccccc2)CC1. The molecule has 0 aliphatic carbocycles. The lowest BCUT2D eigenvalue weighted by atomic mass is 10.0. The van der Waals surface area contributed by atoms with Gasteiger partial charge in [-0.25, -0.2) is 12.7 Å². The van der Waals surface area contributed by atoms with Crippen LogP contribution in [-0.4, -0.2) is 86.7 Å². The van der Waals surface area contributed by atoms with Gasteiger partial charge in [0, 0.05) is 63.9 Å². The van der Waals surface area contributed by atoms with E-state index in [1.807, 2.05) is 11.8 Å². The average molecular weight is 440 g/mol. The van der Waals surface area contributed by atoms with Crippen LogP contribution in [-0.2, 0) is 16.6 Å². The van der Waals surface area contributed by atoms with E-state index in [1.165, 1.54) is 5.56 Å². The quantitative estimate of drug-likeness (QED) is 0.491. The van der Waals surface area contributed by atoms with Gasteiger partial charge in [-0.1, -0.05) is 30.3 Å². The first-order chi connectivity index (χ1) is 14.1. The Labute approximate surface area is 179 Å². The van der Waals surface area contributed by atoms with Crippen LogP contribution in [0.25, 0.3) is 0 Å². The maximum absolute atomic E-state index is 12.4. The number of hydrogen-bond acceptors (Lipinski definition) is 5. The van der Waals surface area contributed by atoms with Gasteiger partial charge in [-0.2, -0.15) is 11.8 Å². The zero-order valence-electron chi connectivity index (χ0n) is 17.2. The van der Waals surface area contributed by atoms with Gasteiger partial charge >= 0.3 is 0 Å². The second-order valence-corrected chi connectivity index (χ2v) is 10.8. The summed E-state index contributed by atoms with van der Waals surface area (Å²) in [4.78, 5) is 6.75. The molecule has 3 rings (SSSR count). The first-order valence-corrected chi connectivity index (χ1v) is 13.1. The third-order valence-corrected chi connectivity index (χ3v) is 8.23. The lowest BCUT2D eigenvalue weighted by Crippen LogP contribution is -2.49. The number of guanidine groups is 1. The number of nitrogens with zero attached hydrogens (tertiary/aromatic N) is 3. The van der Waals surface area contributed by atoms with E-state index in [9.17, 15) is 8.42 Å². The first-order valence-electron chi connectivity index (χ1n) is 10.4. The number of thioether (sulfide) groups is 1. The minimum Gasteiger partial charge on any atom is -0.355 e. The van der Waals surface area contributed by atoms with E-state index in [1.54, 1.807) is 11.4 Å². The van der Waals surface area contributed by atoms with Crippen molar-refractivity contribution in [2.75, 3.05) is 57.0 Å². The molecule has 7 nitrogen and oxygen atoms in total. The molecular weight excluding hydrogens is 406 g/mol. The Bertz CT molecular complexity index is 743. The number of likely N-dealkylation sites (tertiary alicyclic amines) is 1. The minimum atomic E-state index is -3.19. The minimum absolute atomic E-state index is 0.105. The van der Waals surface area contributed by atoms with Crippen molar-refractivity contribution in [1.82, 2.24) is 19.8 Å². The smallest absolute Gasteiger partial charge is 0.215 e. The van der Waals surface area contributed by atoms with Gasteiger partial charge in [0.25, 0.3) is 0 Å². The lowest BCUT2D eigenvalue weighted by Gasteiger charge is -2.33. The fourth-order valence-corrected chi connectivity index (χ4v) is 6.21. The number of nitrogens with one attached hydrogen (secondary N) is 2. The standard InChI is InChI=1S/C20H33N5O2S2/c1-21-20(22-9-16-29(26,27)25-12-14-28-15-13-25)23-19-7-10-24(11-8-19)17-18-5-3-2-4-6-18/h2-6,19H,7-17H2,1H3,(H2,21,22,23). The fourth-order valence-electron chi connectivity index (χ4n) is 3.72. The summed E-state index contributed by atoms with van der Waals surface area (Å²) in [5, 5.41) is 6.63. The highest BCUT2D eigenvalue weighted by atomic mass is 32.2. The molecule has 0 radical (unpaired) electrons. The molecule has 9 heteroatoms. The number of aliphatic imine (C=N–C) groups is 1. The van der Waals surface area contributed by atoms with Crippen molar-refractivity contribution < 1.29 is 8.42 Å². The Hall–Kier alpha value is -1.29. The molecule has 0 amide bonds. The molecule has 0 spiro atoms. The normalized spacial score (nSPS) is 20.5. The average Bonchev–Trinajstić information content (AvgIpc) is 2.75. The van der Waals surface area contributed by atoms with Gasteiger partial charge in [-0.05, 0) is 18.4 Å². The molecule has 2 heterocycles.